The van der Waals surface area contributed by atoms with Crippen LogP contribution in [-0.4, -0.2) is 21.2 Å². The standard InChI is InChI=1S/C15H16N2O3S/c1-2-20-14-8-10-15(11-9-14)21(18,19)17-16-12-13-6-4-3-5-7-13/h3-12,17H,2H2,1H3. The van der Waals surface area contributed by atoms with Gasteiger partial charge in [-0.3, -0.25) is 0 Å². The Bertz CT molecular complexity index is 695. The number of sulfonamides is 1. The van der Waals surface area contributed by atoms with Crippen LogP contribution in [0.5, 0.6) is 5.75 Å². The lowest BCUT2D eigenvalue weighted by Crippen LogP contribution is -2.18. The highest BCUT2D eigenvalue weighted by molar-refractivity contribution is 7.89. The number of rotatable bonds is 6. The number of hydrogen-bond donors (Lipinski definition) is 1. The van der Waals surface area contributed by atoms with Crippen molar-refractivity contribution >= 4 is 16.2 Å². The zero-order chi connectivity index (χ0) is 15.1. The molecule has 0 aliphatic rings. The minimum atomic E-state index is -3.67. The molecule has 0 saturated carbocycles. The largest absolute Gasteiger partial charge is 0.494 e. The van der Waals surface area contributed by atoms with E-state index in [0.717, 1.165) is 5.56 Å². The maximum atomic E-state index is 12.0. The van der Waals surface area contributed by atoms with Gasteiger partial charge in [0.25, 0.3) is 10.0 Å². The first-order valence-electron chi connectivity index (χ1n) is 6.44. The van der Waals surface area contributed by atoms with Gasteiger partial charge < -0.3 is 4.74 Å². The van der Waals surface area contributed by atoms with E-state index >= 15 is 0 Å². The minimum absolute atomic E-state index is 0.135. The number of hydrogen-bond acceptors (Lipinski definition) is 4. The molecule has 0 unspecified atom stereocenters. The predicted molar refractivity (Wildman–Crippen MR) is 82.0 cm³/mol. The highest BCUT2D eigenvalue weighted by atomic mass is 32.2. The van der Waals surface area contributed by atoms with Gasteiger partial charge in [-0.15, -0.1) is 0 Å². The lowest BCUT2D eigenvalue weighted by Gasteiger charge is -2.05. The summed E-state index contributed by atoms with van der Waals surface area (Å²) < 4.78 is 29.3. The zero-order valence-electron chi connectivity index (χ0n) is 11.6. The maximum absolute atomic E-state index is 12.0. The second-order valence-electron chi connectivity index (χ2n) is 4.17. The van der Waals surface area contributed by atoms with Gasteiger partial charge in [-0.1, -0.05) is 30.3 Å². The Balaban J connectivity index is 2.06. The molecule has 0 aromatic heterocycles. The molecule has 0 aliphatic heterocycles. The van der Waals surface area contributed by atoms with E-state index in [-0.39, 0.29) is 4.90 Å². The fraction of sp³-hybridized carbons (Fsp3) is 0.133. The molecule has 6 heteroatoms. The van der Waals surface area contributed by atoms with Crippen LogP contribution in [-0.2, 0) is 10.0 Å². The first-order valence-corrected chi connectivity index (χ1v) is 7.93. The number of benzene rings is 2. The summed E-state index contributed by atoms with van der Waals surface area (Å²) in [7, 11) is -3.67. The SMILES string of the molecule is CCOc1ccc(S(=O)(=O)NN=Cc2ccccc2)cc1. The van der Waals surface area contributed by atoms with Crippen molar-refractivity contribution in [1.29, 1.82) is 0 Å². The van der Waals surface area contributed by atoms with Crippen molar-refractivity contribution < 1.29 is 13.2 Å². The summed E-state index contributed by atoms with van der Waals surface area (Å²) in [5, 5.41) is 3.75. The average molecular weight is 304 g/mol. The van der Waals surface area contributed by atoms with Gasteiger partial charge in [0, 0.05) is 0 Å². The highest BCUT2D eigenvalue weighted by Crippen LogP contribution is 2.15. The third-order valence-corrected chi connectivity index (χ3v) is 3.87. The summed E-state index contributed by atoms with van der Waals surface area (Å²) >= 11 is 0. The third kappa shape index (κ3) is 4.32. The number of nitrogens with zero attached hydrogens (tertiary/aromatic N) is 1. The van der Waals surface area contributed by atoms with Gasteiger partial charge in [-0.05, 0) is 36.8 Å². The monoisotopic (exact) mass is 304 g/mol. The molecule has 1 N–H and O–H groups in total. The quantitative estimate of drug-likeness (QED) is 0.658. The molecule has 0 aliphatic carbocycles. The fourth-order valence-corrected chi connectivity index (χ4v) is 2.44. The van der Waals surface area contributed by atoms with Crippen molar-refractivity contribution in [2.45, 2.75) is 11.8 Å². The van der Waals surface area contributed by atoms with E-state index in [1.165, 1.54) is 18.3 Å². The van der Waals surface area contributed by atoms with E-state index in [1.54, 1.807) is 12.1 Å². The molecule has 2 aromatic carbocycles. The summed E-state index contributed by atoms with van der Waals surface area (Å²) in [5.74, 6) is 0.629. The van der Waals surface area contributed by atoms with E-state index in [0.29, 0.717) is 12.4 Å². The first-order chi connectivity index (χ1) is 10.1. The molecule has 2 aromatic rings. The Labute approximate surface area is 124 Å². The Morgan fingerprint density at radius 3 is 2.38 bits per heavy atom. The Morgan fingerprint density at radius 2 is 1.76 bits per heavy atom. The van der Waals surface area contributed by atoms with Crippen LogP contribution in [0.2, 0.25) is 0 Å². The molecule has 0 heterocycles. The molecule has 0 atom stereocenters. The second kappa shape index (κ2) is 6.90. The smallest absolute Gasteiger partial charge is 0.276 e. The molecule has 21 heavy (non-hydrogen) atoms. The van der Waals surface area contributed by atoms with Gasteiger partial charge in [-0.25, -0.2) is 4.83 Å². The van der Waals surface area contributed by atoms with Crippen molar-refractivity contribution in [3.8, 4) is 5.75 Å². The summed E-state index contributed by atoms with van der Waals surface area (Å²) in [6, 6.07) is 15.4. The van der Waals surface area contributed by atoms with E-state index in [1.807, 2.05) is 37.3 Å². The lowest BCUT2D eigenvalue weighted by atomic mass is 10.2. The lowest BCUT2D eigenvalue weighted by molar-refractivity contribution is 0.340. The van der Waals surface area contributed by atoms with Gasteiger partial charge in [0.05, 0.1) is 17.7 Å². The summed E-state index contributed by atoms with van der Waals surface area (Å²) in [5.41, 5.74) is 0.812. The van der Waals surface area contributed by atoms with Crippen LogP contribution in [0.1, 0.15) is 12.5 Å². The van der Waals surface area contributed by atoms with Crippen molar-refractivity contribution in [3.05, 3.63) is 60.2 Å². The normalized spacial score (nSPS) is 11.5. The van der Waals surface area contributed by atoms with Crippen LogP contribution in [0.4, 0.5) is 0 Å². The summed E-state index contributed by atoms with van der Waals surface area (Å²) in [6.45, 7) is 2.40. The van der Waals surface area contributed by atoms with Crippen molar-refractivity contribution in [3.63, 3.8) is 0 Å². The van der Waals surface area contributed by atoms with Gasteiger partial charge in [0.2, 0.25) is 0 Å². The maximum Gasteiger partial charge on any atom is 0.276 e. The Morgan fingerprint density at radius 1 is 1.10 bits per heavy atom. The van der Waals surface area contributed by atoms with Gasteiger partial charge >= 0.3 is 0 Å². The van der Waals surface area contributed by atoms with E-state index < -0.39 is 10.0 Å². The molecule has 0 radical (unpaired) electrons. The molecular formula is C15H16N2O3S. The van der Waals surface area contributed by atoms with Crippen LogP contribution < -0.4 is 9.57 Å². The number of nitrogens with one attached hydrogen (secondary N) is 1. The average Bonchev–Trinajstić information content (AvgIpc) is 2.49. The molecule has 5 nitrogen and oxygen atoms in total. The van der Waals surface area contributed by atoms with Gasteiger partial charge in [0.15, 0.2) is 0 Å². The summed E-state index contributed by atoms with van der Waals surface area (Å²) in [6.07, 6.45) is 1.45. The fourth-order valence-electron chi connectivity index (χ4n) is 1.64. The van der Waals surface area contributed by atoms with Gasteiger partial charge in [0.1, 0.15) is 5.75 Å². The molecule has 0 spiro atoms. The predicted octanol–water partition coefficient (Wildman–Crippen LogP) is 2.40. The van der Waals surface area contributed by atoms with Crippen LogP contribution in [0, 0.1) is 0 Å². The highest BCUT2D eigenvalue weighted by Gasteiger charge is 2.12. The Hall–Kier alpha value is -2.34. The van der Waals surface area contributed by atoms with Crippen LogP contribution >= 0.6 is 0 Å². The molecule has 0 amide bonds. The molecule has 2 rings (SSSR count). The molecule has 0 fully saturated rings. The number of hydrazone groups is 1. The zero-order valence-corrected chi connectivity index (χ0v) is 12.4. The first kappa shape index (κ1) is 15.1. The number of ether oxygens (including phenoxy) is 1. The van der Waals surface area contributed by atoms with Crippen LogP contribution in [0.25, 0.3) is 0 Å². The van der Waals surface area contributed by atoms with Crippen LogP contribution in [0.15, 0.2) is 64.6 Å². The molecule has 0 bridgehead atoms. The Kier molecular flexibility index (Phi) is 4.94. The third-order valence-electron chi connectivity index (χ3n) is 2.63. The van der Waals surface area contributed by atoms with E-state index in [4.69, 9.17) is 4.74 Å². The molecular weight excluding hydrogens is 288 g/mol. The summed E-state index contributed by atoms with van der Waals surface area (Å²) in [4.78, 5) is 2.31. The van der Waals surface area contributed by atoms with Crippen LogP contribution in [0.3, 0.4) is 0 Å². The molecule has 0 saturated heterocycles. The van der Waals surface area contributed by atoms with Crippen molar-refractivity contribution in [1.82, 2.24) is 4.83 Å². The topological polar surface area (TPSA) is 67.8 Å². The second-order valence-corrected chi connectivity index (χ2v) is 5.83. The van der Waals surface area contributed by atoms with E-state index in [9.17, 15) is 8.42 Å². The van der Waals surface area contributed by atoms with Gasteiger partial charge in [-0.2, -0.15) is 13.5 Å². The van der Waals surface area contributed by atoms with Crippen molar-refractivity contribution in [2.24, 2.45) is 5.10 Å². The van der Waals surface area contributed by atoms with E-state index in [2.05, 4.69) is 9.93 Å². The minimum Gasteiger partial charge on any atom is -0.494 e. The molecule has 110 valence electrons. The van der Waals surface area contributed by atoms with Crippen molar-refractivity contribution in [2.75, 3.05) is 6.61 Å².